The zero-order valence-corrected chi connectivity index (χ0v) is 17.7. The number of halogens is 2. The second-order valence-corrected chi connectivity index (χ2v) is 8.11. The van der Waals surface area contributed by atoms with E-state index in [2.05, 4.69) is 5.32 Å². The van der Waals surface area contributed by atoms with Gasteiger partial charge in [-0.25, -0.2) is 0 Å². The van der Waals surface area contributed by atoms with E-state index in [0.29, 0.717) is 27.8 Å². The summed E-state index contributed by atoms with van der Waals surface area (Å²) in [6.07, 6.45) is -0.137. The van der Waals surface area contributed by atoms with Gasteiger partial charge >= 0.3 is 0 Å². The highest BCUT2D eigenvalue weighted by atomic mass is 35.5. The van der Waals surface area contributed by atoms with Gasteiger partial charge in [-0.1, -0.05) is 59.6 Å². The normalized spacial score (nSPS) is 14.5. The molecule has 6 heteroatoms. The van der Waals surface area contributed by atoms with Crippen LogP contribution in [0.25, 0.3) is 0 Å². The van der Waals surface area contributed by atoms with Crippen molar-refractivity contribution in [1.29, 1.82) is 0 Å². The molecule has 30 heavy (non-hydrogen) atoms. The minimum Gasteiger partial charge on any atom is -0.493 e. The van der Waals surface area contributed by atoms with Crippen LogP contribution in [0.15, 0.2) is 66.7 Å². The lowest BCUT2D eigenvalue weighted by Gasteiger charge is -2.23. The summed E-state index contributed by atoms with van der Waals surface area (Å²) in [6, 6.07) is 19.7. The Balaban J connectivity index is 1.62. The maximum Gasteiger partial charge on any atom is 0.223 e. The summed E-state index contributed by atoms with van der Waals surface area (Å²) in [5, 5.41) is 14.5. The summed E-state index contributed by atoms with van der Waals surface area (Å²) in [4.78, 5) is 12.8. The number of carbonyl (C=O) groups excluding carboxylic acids is 1. The molecule has 0 saturated carbocycles. The number of nitrogens with one attached hydrogen (secondary N) is 1. The van der Waals surface area contributed by atoms with Gasteiger partial charge in [-0.05, 0) is 52.6 Å². The highest BCUT2D eigenvalue weighted by molar-refractivity contribution is 6.33. The fraction of sp³-hybridized carbons (Fsp3) is 0.208. The van der Waals surface area contributed by atoms with E-state index in [1.807, 2.05) is 36.4 Å². The minimum atomic E-state index is -0.893. The first-order chi connectivity index (χ1) is 14.5. The van der Waals surface area contributed by atoms with E-state index in [0.717, 1.165) is 23.3 Å². The van der Waals surface area contributed by atoms with Crippen molar-refractivity contribution in [3.8, 4) is 5.75 Å². The van der Waals surface area contributed by atoms with Gasteiger partial charge in [0.05, 0.1) is 25.2 Å². The molecule has 1 aliphatic heterocycles. The molecule has 0 spiro atoms. The number of ether oxygens (including phenoxy) is 1. The fourth-order valence-corrected chi connectivity index (χ4v) is 4.06. The fourth-order valence-electron chi connectivity index (χ4n) is 3.65. The topological polar surface area (TPSA) is 58.6 Å². The van der Waals surface area contributed by atoms with Crippen LogP contribution in [0.2, 0.25) is 10.0 Å². The van der Waals surface area contributed by atoms with Crippen molar-refractivity contribution in [1.82, 2.24) is 5.32 Å². The Bertz CT molecular complexity index is 1060. The van der Waals surface area contributed by atoms with Crippen molar-refractivity contribution in [3.63, 3.8) is 0 Å². The van der Waals surface area contributed by atoms with Gasteiger partial charge in [-0.3, -0.25) is 4.79 Å². The average molecular weight is 442 g/mol. The summed E-state index contributed by atoms with van der Waals surface area (Å²) in [5.41, 5.74) is 3.37. The molecule has 0 aromatic heterocycles. The van der Waals surface area contributed by atoms with Crippen LogP contribution >= 0.6 is 23.2 Å². The number of carbonyl (C=O) groups is 1. The summed E-state index contributed by atoms with van der Waals surface area (Å²) >= 11 is 12.7. The Morgan fingerprint density at radius 3 is 2.63 bits per heavy atom. The van der Waals surface area contributed by atoms with Crippen LogP contribution in [0, 0.1) is 0 Å². The van der Waals surface area contributed by atoms with Crippen molar-refractivity contribution in [2.45, 2.75) is 25.0 Å². The van der Waals surface area contributed by atoms with E-state index in [1.165, 1.54) is 0 Å². The molecule has 2 N–H and O–H groups in total. The van der Waals surface area contributed by atoms with Crippen molar-refractivity contribution in [3.05, 3.63) is 99.0 Å². The van der Waals surface area contributed by atoms with Gasteiger partial charge in [0.15, 0.2) is 0 Å². The number of hydrogen-bond donors (Lipinski definition) is 2. The third-order valence-electron chi connectivity index (χ3n) is 5.18. The molecule has 1 unspecified atom stereocenters. The molecular formula is C24H21Cl2NO3. The van der Waals surface area contributed by atoms with E-state index in [9.17, 15) is 9.90 Å². The van der Waals surface area contributed by atoms with Crippen LogP contribution in [0.1, 0.15) is 40.8 Å². The molecule has 1 amide bonds. The molecule has 154 valence electrons. The summed E-state index contributed by atoms with van der Waals surface area (Å²) < 4.78 is 5.60. The molecule has 4 rings (SSSR count). The standard InChI is InChI=1S/C24H21Cl2NO3/c25-18-7-8-20(26)19(13-18)24(17-6-9-22-16(12-17)10-11-30-22)27-23(29)14-21(28)15-4-2-1-3-5-15/h1-9,12-13,21,24,28H,10-11,14H2,(H,27,29)/t21-,24?/m1/s1. The number of fused-ring (bicyclic) bond motifs is 1. The van der Waals surface area contributed by atoms with Crippen molar-refractivity contribution < 1.29 is 14.6 Å². The van der Waals surface area contributed by atoms with Gasteiger partial charge in [0.25, 0.3) is 0 Å². The zero-order chi connectivity index (χ0) is 21.1. The average Bonchev–Trinajstić information content (AvgIpc) is 3.22. The molecule has 0 saturated heterocycles. The number of hydrogen-bond acceptors (Lipinski definition) is 3. The quantitative estimate of drug-likeness (QED) is 0.548. The number of aliphatic hydroxyl groups is 1. The molecule has 2 atom stereocenters. The highest BCUT2D eigenvalue weighted by Gasteiger charge is 2.24. The van der Waals surface area contributed by atoms with Crippen LogP contribution in [-0.2, 0) is 11.2 Å². The third kappa shape index (κ3) is 4.62. The Kier molecular flexibility index (Phi) is 6.28. The maximum atomic E-state index is 12.8. The van der Waals surface area contributed by atoms with Crippen LogP contribution < -0.4 is 10.1 Å². The van der Waals surface area contributed by atoms with Crippen molar-refractivity contribution in [2.75, 3.05) is 6.61 Å². The zero-order valence-electron chi connectivity index (χ0n) is 16.1. The maximum absolute atomic E-state index is 12.8. The van der Waals surface area contributed by atoms with Crippen molar-refractivity contribution >= 4 is 29.1 Å². The van der Waals surface area contributed by atoms with E-state index in [1.54, 1.807) is 30.3 Å². The Morgan fingerprint density at radius 1 is 1.03 bits per heavy atom. The summed E-state index contributed by atoms with van der Waals surface area (Å²) in [7, 11) is 0. The molecule has 0 bridgehead atoms. The van der Waals surface area contributed by atoms with Crippen LogP contribution in [0.4, 0.5) is 0 Å². The number of aliphatic hydroxyl groups excluding tert-OH is 1. The van der Waals surface area contributed by atoms with Crippen LogP contribution in [0.5, 0.6) is 5.75 Å². The first-order valence-electron chi connectivity index (χ1n) is 9.74. The molecule has 0 aliphatic carbocycles. The smallest absolute Gasteiger partial charge is 0.223 e. The van der Waals surface area contributed by atoms with Crippen LogP contribution in [0.3, 0.4) is 0 Å². The molecule has 0 fully saturated rings. The SMILES string of the molecule is O=C(C[C@@H](O)c1ccccc1)NC(c1ccc2c(c1)CCO2)c1cc(Cl)ccc1Cl. The third-order valence-corrected chi connectivity index (χ3v) is 5.76. The lowest BCUT2D eigenvalue weighted by Crippen LogP contribution is -2.30. The lowest BCUT2D eigenvalue weighted by atomic mass is 9.95. The molecule has 3 aromatic carbocycles. The summed E-state index contributed by atoms with van der Waals surface area (Å²) in [5.74, 6) is 0.574. The van der Waals surface area contributed by atoms with Crippen LogP contribution in [-0.4, -0.2) is 17.6 Å². The largest absolute Gasteiger partial charge is 0.493 e. The van der Waals surface area contributed by atoms with E-state index >= 15 is 0 Å². The van der Waals surface area contributed by atoms with Gasteiger partial charge in [0, 0.05) is 16.5 Å². The molecule has 1 heterocycles. The highest BCUT2D eigenvalue weighted by Crippen LogP contribution is 2.34. The monoisotopic (exact) mass is 441 g/mol. The van der Waals surface area contributed by atoms with E-state index < -0.39 is 12.1 Å². The number of benzene rings is 3. The summed E-state index contributed by atoms with van der Waals surface area (Å²) in [6.45, 7) is 0.650. The first-order valence-corrected chi connectivity index (χ1v) is 10.5. The predicted molar refractivity (Wildman–Crippen MR) is 118 cm³/mol. The minimum absolute atomic E-state index is 0.0627. The van der Waals surface area contributed by atoms with E-state index in [-0.39, 0.29) is 12.3 Å². The predicted octanol–water partition coefficient (Wildman–Crippen LogP) is 5.26. The molecule has 0 radical (unpaired) electrons. The van der Waals surface area contributed by atoms with Gasteiger partial charge < -0.3 is 15.2 Å². The number of amides is 1. The Labute approximate surface area is 185 Å². The van der Waals surface area contributed by atoms with Crippen molar-refractivity contribution in [2.24, 2.45) is 0 Å². The van der Waals surface area contributed by atoms with Gasteiger partial charge in [0.1, 0.15) is 5.75 Å². The molecular weight excluding hydrogens is 421 g/mol. The molecule has 1 aliphatic rings. The number of rotatable bonds is 6. The van der Waals surface area contributed by atoms with Gasteiger partial charge in [0.2, 0.25) is 5.91 Å². The molecule has 4 nitrogen and oxygen atoms in total. The van der Waals surface area contributed by atoms with E-state index in [4.69, 9.17) is 27.9 Å². The second-order valence-electron chi connectivity index (χ2n) is 7.26. The van der Waals surface area contributed by atoms with Gasteiger partial charge in [-0.15, -0.1) is 0 Å². The second kappa shape index (κ2) is 9.09. The molecule has 3 aromatic rings. The van der Waals surface area contributed by atoms with Gasteiger partial charge in [-0.2, -0.15) is 0 Å². The Morgan fingerprint density at radius 2 is 1.83 bits per heavy atom. The Hall–Kier alpha value is -2.53. The first kappa shape index (κ1) is 20.7. The lowest BCUT2D eigenvalue weighted by molar-refractivity contribution is -0.123.